The van der Waals surface area contributed by atoms with Crippen LogP contribution in [0.15, 0.2) is 24.3 Å². The molecule has 2 rings (SSSR count). The predicted molar refractivity (Wildman–Crippen MR) is 85.4 cm³/mol. The summed E-state index contributed by atoms with van der Waals surface area (Å²) in [5.41, 5.74) is 1.43. The molecule has 112 valence electrons. The molecule has 1 aromatic rings. The Bertz CT molecular complexity index is 368. The summed E-state index contributed by atoms with van der Waals surface area (Å²) in [4.78, 5) is 2.63. The molecule has 0 saturated carbocycles. The van der Waals surface area contributed by atoms with Gasteiger partial charge in [-0.05, 0) is 69.8 Å². The van der Waals surface area contributed by atoms with E-state index in [-0.39, 0.29) is 0 Å². The molecule has 1 fully saturated rings. The van der Waals surface area contributed by atoms with Gasteiger partial charge in [0.2, 0.25) is 0 Å². The van der Waals surface area contributed by atoms with E-state index in [0.717, 1.165) is 24.8 Å². The van der Waals surface area contributed by atoms with Crippen molar-refractivity contribution in [3.63, 3.8) is 0 Å². The van der Waals surface area contributed by atoms with Gasteiger partial charge in [-0.15, -0.1) is 0 Å². The summed E-state index contributed by atoms with van der Waals surface area (Å²) in [5, 5.41) is 0. The van der Waals surface area contributed by atoms with Gasteiger partial charge in [0.1, 0.15) is 5.75 Å². The Balaban J connectivity index is 1.72. The average Bonchev–Trinajstić information content (AvgIpc) is 3.01. The lowest BCUT2D eigenvalue weighted by Gasteiger charge is -2.23. The van der Waals surface area contributed by atoms with Gasteiger partial charge < -0.3 is 9.64 Å². The van der Waals surface area contributed by atoms with E-state index in [4.69, 9.17) is 4.74 Å². The predicted octanol–water partition coefficient (Wildman–Crippen LogP) is 4.28. The second-order valence-corrected chi connectivity index (χ2v) is 5.98. The van der Waals surface area contributed by atoms with Crippen LogP contribution in [0, 0.1) is 0 Å². The quantitative estimate of drug-likeness (QED) is 0.656. The molecule has 0 N–H and O–H groups in total. The summed E-state index contributed by atoms with van der Waals surface area (Å²) < 4.78 is 5.70. The van der Waals surface area contributed by atoms with Crippen molar-refractivity contribution in [2.24, 2.45) is 0 Å². The minimum absolute atomic E-state index is 0.720. The number of hydrogen-bond donors (Lipinski definition) is 0. The zero-order valence-corrected chi connectivity index (χ0v) is 13.1. The van der Waals surface area contributed by atoms with E-state index in [0.29, 0.717) is 0 Å². The molecule has 0 spiro atoms. The first kappa shape index (κ1) is 15.4. The van der Waals surface area contributed by atoms with E-state index in [9.17, 15) is 0 Å². The molecule has 2 heteroatoms. The van der Waals surface area contributed by atoms with Gasteiger partial charge in [-0.25, -0.2) is 0 Å². The van der Waals surface area contributed by atoms with Gasteiger partial charge in [0.15, 0.2) is 0 Å². The number of hydrogen-bond acceptors (Lipinski definition) is 2. The van der Waals surface area contributed by atoms with E-state index in [1.54, 1.807) is 0 Å². The topological polar surface area (TPSA) is 12.5 Å². The summed E-state index contributed by atoms with van der Waals surface area (Å²) in [6.07, 6.45) is 7.52. The van der Waals surface area contributed by atoms with Crippen LogP contribution < -0.4 is 4.74 Å². The maximum atomic E-state index is 5.70. The molecule has 1 atom stereocenters. The first-order valence-electron chi connectivity index (χ1n) is 8.25. The molecule has 0 aliphatic carbocycles. The zero-order valence-electron chi connectivity index (χ0n) is 13.1. The third-order valence-corrected chi connectivity index (χ3v) is 4.30. The van der Waals surface area contributed by atoms with Crippen molar-refractivity contribution < 1.29 is 4.74 Å². The van der Waals surface area contributed by atoms with Crippen molar-refractivity contribution in [2.45, 2.75) is 58.4 Å². The summed E-state index contributed by atoms with van der Waals surface area (Å²) in [6.45, 7) is 7.99. The molecule has 2 nitrogen and oxygen atoms in total. The molecule has 20 heavy (non-hydrogen) atoms. The van der Waals surface area contributed by atoms with Crippen LogP contribution >= 0.6 is 0 Å². The Morgan fingerprint density at radius 2 is 1.85 bits per heavy atom. The second-order valence-electron chi connectivity index (χ2n) is 5.98. The first-order chi connectivity index (χ1) is 9.79. The van der Waals surface area contributed by atoms with Crippen LogP contribution in [0.3, 0.4) is 0 Å². The van der Waals surface area contributed by atoms with Crippen LogP contribution in [0.2, 0.25) is 0 Å². The summed E-state index contributed by atoms with van der Waals surface area (Å²) in [6, 6.07) is 9.39. The van der Waals surface area contributed by atoms with Gasteiger partial charge in [0.05, 0.1) is 6.61 Å². The lowest BCUT2D eigenvalue weighted by Crippen LogP contribution is -2.30. The maximum Gasteiger partial charge on any atom is 0.119 e. The monoisotopic (exact) mass is 275 g/mol. The number of likely N-dealkylation sites (tertiary alicyclic amines) is 1. The van der Waals surface area contributed by atoms with Crippen LogP contribution in [0.25, 0.3) is 0 Å². The fraction of sp³-hybridized carbons (Fsp3) is 0.667. The molecule has 0 bridgehead atoms. The fourth-order valence-electron chi connectivity index (χ4n) is 2.83. The highest BCUT2D eigenvalue weighted by Crippen LogP contribution is 2.18. The van der Waals surface area contributed by atoms with Crippen LogP contribution in [0.5, 0.6) is 5.75 Å². The van der Waals surface area contributed by atoms with Gasteiger partial charge in [-0.3, -0.25) is 0 Å². The fourth-order valence-corrected chi connectivity index (χ4v) is 2.83. The highest BCUT2D eigenvalue weighted by molar-refractivity contribution is 5.27. The molecule has 0 aromatic heterocycles. The number of ether oxygens (including phenoxy) is 1. The Morgan fingerprint density at radius 1 is 1.15 bits per heavy atom. The van der Waals surface area contributed by atoms with Crippen molar-refractivity contribution in [3.05, 3.63) is 29.8 Å². The molecule has 1 aliphatic rings. The smallest absolute Gasteiger partial charge is 0.119 e. The van der Waals surface area contributed by atoms with Crippen LogP contribution in [0.4, 0.5) is 0 Å². The van der Waals surface area contributed by atoms with Gasteiger partial charge >= 0.3 is 0 Å². The molecule has 0 radical (unpaired) electrons. The molecule has 0 amide bonds. The number of aryl methyl sites for hydroxylation is 1. The number of benzene rings is 1. The summed E-state index contributed by atoms with van der Waals surface area (Å²) in [5.74, 6) is 1.01. The van der Waals surface area contributed by atoms with Crippen molar-refractivity contribution in [3.8, 4) is 5.75 Å². The first-order valence-corrected chi connectivity index (χ1v) is 8.25. The second kappa shape index (κ2) is 8.31. The van der Waals surface area contributed by atoms with Crippen LogP contribution in [0.1, 0.15) is 51.5 Å². The van der Waals surface area contributed by atoms with E-state index < -0.39 is 0 Å². The minimum Gasteiger partial charge on any atom is -0.494 e. The largest absolute Gasteiger partial charge is 0.494 e. The van der Waals surface area contributed by atoms with E-state index in [1.807, 2.05) is 0 Å². The number of nitrogens with zero attached hydrogens (tertiary/aromatic N) is 1. The van der Waals surface area contributed by atoms with E-state index in [2.05, 4.69) is 43.0 Å². The lowest BCUT2D eigenvalue weighted by atomic mass is 10.1. The van der Waals surface area contributed by atoms with Crippen molar-refractivity contribution >= 4 is 0 Å². The van der Waals surface area contributed by atoms with Gasteiger partial charge in [0.25, 0.3) is 0 Å². The van der Waals surface area contributed by atoms with E-state index in [1.165, 1.54) is 50.8 Å². The van der Waals surface area contributed by atoms with Crippen molar-refractivity contribution in [2.75, 3.05) is 19.7 Å². The zero-order chi connectivity index (χ0) is 14.2. The molecule has 1 saturated heterocycles. The number of unbranched alkanes of at least 4 members (excludes halogenated alkanes) is 1. The van der Waals surface area contributed by atoms with Crippen molar-refractivity contribution in [1.82, 2.24) is 4.90 Å². The normalized spacial score (nSPS) is 17.3. The minimum atomic E-state index is 0.720. The van der Waals surface area contributed by atoms with Gasteiger partial charge in [-0.2, -0.15) is 0 Å². The molecule has 1 aromatic carbocycles. The van der Waals surface area contributed by atoms with E-state index >= 15 is 0 Å². The third kappa shape index (κ3) is 4.82. The standard InChI is InChI=1S/C18H29NO/c1-3-4-15-20-18-11-9-17(10-12-18)8-7-16(2)19-13-5-6-14-19/h9-12,16H,3-8,13-15H2,1-2H3. The average molecular weight is 275 g/mol. The summed E-state index contributed by atoms with van der Waals surface area (Å²) in [7, 11) is 0. The molecule has 1 aliphatic heterocycles. The maximum absolute atomic E-state index is 5.70. The molecular weight excluding hydrogens is 246 g/mol. The highest BCUT2D eigenvalue weighted by Gasteiger charge is 2.17. The Labute approximate surface area is 124 Å². The molecule has 1 heterocycles. The lowest BCUT2D eigenvalue weighted by molar-refractivity contribution is 0.247. The van der Waals surface area contributed by atoms with Crippen molar-refractivity contribution in [1.29, 1.82) is 0 Å². The van der Waals surface area contributed by atoms with Gasteiger partial charge in [-0.1, -0.05) is 25.5 Å². The third-order valence-electron chi connectivity index (χ3n) is 4.30. The Morgan fingerprint density at radius 3 is 2.50 bits per heavy atom. The highest BCUT2D eigenvalue weighted by atomic mass is 16.5. The van der Waals surface area contributed by atoms with Gasteiger partial charge in [0, 0.05) is 6.04 Å². The van der Waals surface area contributed by atoms with Crippen LogP contribution in [-0.4, -0.2) is 30.6 Å². The Kier molecular flexibility index (Phi) is 6.38. The number of rotatable bonds is 8. The SMILES string of the molecule is CCCCOc1ccc(CCC(C)N2CCCC2)cc1. The molecular formula is C18H29NO. The van der Waals surface area contributed by atoms with Crippen LogP contribution in [-0.2, 0) is 6.42 Å². The summed E-state index contributed by atoms with van der Waals surface area (Å²) >= 11 is 0. The molecule has 1 unspecified atom stereocenters. The Hall–Kier alpha value is -1.02.